The summed E-state index contributed by atoms with van der Waals surface area (Å²) in [5, 5.41) is 13.0. The van der Waals surface area contributed by atoms with E-state index in [1.165, 1.54) is 14.0 Å². The highest BCUT2D eigenvalue weighted by atomic mass is 79.9. The average Bonchev–Trinajstić information content (AvgIpc) is 2.66. The average molecular weight is 379 g/mol. The van der Waals surface area contributed by atoms with E-state index >= 15 is 0 Å². The van der Waals surface area contributed by atoms with Crippen LogP contribution in [0.2, 0.25) is 0 Å². The highest BCUT2D eigenvalue weighted by Gasteiger charge is 2.23. The van der Waals surface area contributed by atoms with Crippen LogP contribution in [0.5, 0.6) is 5.88 Å². The summed E-state index contributed by atoms with van der Waals surface area (Å²) in [4.78, 5) is 11.1. The van der Waals surface area contributed by atoms with Crippen LogP contribution in [0.4, 0.5) is 13.2 Å². The highest BCUT2D eigenvalue weighted by molar-refractivity contribution is 9.10. The first kappa shape index (κ1) is 16.3. The largest absolute Gasteiger partial charge is 0.478 e. The number of ether oxygens (including phenoxy) is 1. The predicted octanol–water partition coefficient (Wildman–Crippen LogP) is 3.60. The summed E-state index contributed by atoms with van der Waals surface area (Å²) < 4.78 is 44.1. The predicted molar refractivity (Wildman–Crippen MR) is 74.6 cm³/mol. The molecule has 0 saturated carbocycles. The lowest BCUT2D eigenvalue weighted by atomic mass is 10.0. The van der Waals surface area contributed by atoms with E-state index in [-0.39, 0.29) is 32.7 Å². The van der Waals surface area contributed by atoms with Gasteiger partial charge < -0.3 is 9.84 Å². The number of benzene rings is 1. The van der Waals surface area contributed by atoms with Crippen molar-refractivity contribution in [2.45, 2.75) is 13.5 Å². The number of alkyl halides is 2. The van der Waals surface area contributed by atoms with E-state index in [1.54, 1.807) is 0 Å². The van der Waals surface area contributed by atoms with Crippen molar-refractivity contribution in [3.63, 3.8) is 0 Å². The van der Waals surface area contributed by atoms with Crippen LogP contribution in [0, 0.1) is 12.7 Å². The third-order valence-electron chi connectivity index (χ3n) is 2.94. The number of carbonyl (C=O) groups is 1. The molecule has 1 aromatic carbocycles. The summed E-state index contributed by atoms with van der Waals surface area (Å²) in [6, 6.07) is 2.15. The lowest BCUT2D eigenvalue weighted by molar-refractivity contribution is -0.0558. The minimum Gasteiger partial charge on any atom is -0.478 e. The molecule has 0 amide bonds. The molecule has 0 spiro atoms. The van der Waals surface area contributed by atoms with Gasteiger partial charge in [0.15, 0.2) is 0 Å². The molecule has 1 heterocycles. The Labute approximate surface area is 131 Å². The maximum Gasteiger partial charge on any atom is 0.388 e. The van der Waals surface area contributed by atoms with Gasteiger partial charge in [-0.25, -0.2) is 13.9 Å². The first-order valence-electron chi connectivity index (χ1n) is 5.93. The molecule has 0 aliphatic carbocycles. The lowest BCUT2D eigenvalue weighted by Crippen LogP contribution is -2.06. The molecule has 118 valence electrons. The number of carboxylic acid groups (broad SMARTS) is 1. The molecule has 0 saturated heterocycles. The van der Waals surface area contributed by atoms with Gasteiger partial charge in [-0.3, -0.25) is 0 Å². The molecule has 1 N–H and O–H groups in total. The van der Waals surface area contributed by atoms with E-state index in [4.69, 9.17) is 5.11 Å². The van der Waals surface area contributed by atoms with Crippen molar-refractivity contribution in [1.29, 1.82) is 0 Å². The van der Waals surface area contributed by atoms with Crippen LogP contribution in [-0.4, -0.2) is 27.5 Å². The fraction of sp³-hybridized carbons (Fsp3) is 0.231. The Kier molecular flexibility index (Phi) is 4.45. The van der Waals surface area contributed by atoms with E-state index in [1.807, 2.05) is 0 Å². The summed E-state index contributed by atoms with van der Waals surface area (Å²) in [6.45, 7) is -1.62. The standard InChI is InChI=1S/C13H10BrF3N2O3/c1-5-3-8(15)7(4-6(5)12(20)21)10-9(14)11(19(2)18-10)22-13(16)17/h3-4,13H,1-2H3,(H,20,21). The maximum atomic E-state index is 14.1. The van der Waals surface area contributed by atoms with Gasteiger partial charge in [-0.1, -0.05) is 0 Å². The molecule has 0 atom stereocenters. The molecular weight excluding hydrogens is 369 g/mol. The molecule has 0 unspecified atom stereocenters. The van der Waals surface area contributed by atoms with E-state index in [2.05, 4.69) is 25.8 Å². The first-order valence-corrected chi connectivity index (χ1v) is 6.72. The summed E-state index contributed by atoms with van der Waals surface area (Å²) in [6.07, 6.45) is 0. The van der Waals surface area contributed by atoms with E-state index in [0.29, 0.717) is 0 Å². The van der Waals surface area contributed by atoms with Crippen LogP contribution in [0.25, 0.3) is 11.3 Å². The number of hydrogen-bond donors (Lipinski definition) is 1. The van der Waals surface area contributed by atoms with E-state index < -0.39 is 18.4 Å². The van der Waals surface area contributed by atoms with Gasteiger partial charge in [-0.2, -0.15) is 13.9 Å². The van der Waals surface area contributed by atoms with Crippen molar-refractivity contribution in [3.05, 3.63) is 33.5 Å². The van der Waals surface area contributed by atoms with Gasteiger partial charge in [0, 0.05) is 12.6 Å². The number of halogens is 4. The van der Waals surface area contributed by atoms with Crippen molar-refractivity contribution in [1.82, 2.24) is 9.78 Å². The van der Waals surface area contributed by atoms with Crippen molar-refractivity contribution in [2.24, 2.45) is 7.05 Å². The van der Waals surface area contributed by atoms with Crippen LogP contribution in [-0.2, 0) is 7.05 Å². The number of aryl methyl sites for hydroxylation is 2. The Morgan fingerprint density at radius 2 is 2.09 bits per heavy atom. The maximum absolute atomic E-state index is 14.1. The molecule has 0 fully saturated rings. The molecule has 5 nitrogen and oxygen atoms in total. The quantitative estimate of drug-likeness (QED) is 0.882. The zero-order valence-electron chi connectivity index (χ0n) is 11.4. The van der Waals surface area contributed by atoms with Gasteiger partial charge in [0.2, 0.25) is 5.88 Å². The van der Waals surface area contributed by atoms with Crippen molar-refractivity contribution in [2.75, 3.05) is 0 Å². The van der Waals surface area contributed by atoms with Crippen LogP contribution < -0.4 is 4.74 Å². The summed E-state index contributed by atoms with van der Waals surface area (Å²) >= 11 is 3.03. The number of rotatable bonds is 4. The second kappa shape index (κ2) is 5.99. The fourth-order valence-electron chi connectivity index (χ4n) is 1.95. The van der Waals surface area contributed by atoms with Crippen LogP contribution in [0.15, 0.2) is 16.6 Å². The summed E-state index contributed by atoms with van der Waals surface area (Å²) in [5.74, 6) is -2.23. The van der Waals surface area contributed by atoms with Gasteiger partial charge in [-0.05, 0) is 40.5 Å². The number of aromatic carboxylic acids is 1. The van der Waals surface area contributed by atoms with Gasteiger partial charge in [0.25, 0.3) is 0 Å². The Balaban J connectivity index is 2.62. The third kappa shape index (κ3) is 2.94. The summed E-state index contributed by atoms with van der Waals surface area (Å²) in [7, 11) is 1.34. The second-order valence-electron chi connectivity index (χ2n) is 4.42. The topological polar surface area (TPSA) is 64.4 Å². The number of carboxylic acids is 1. The SMILES string of the molecule is Cc1cc(F)c(-c2nn(C)c(OC(F)F)c2Br)cc1C(=O)O. The van der Waals surface area contributed by atoms with Crippen LogP contribution in [0.1, 0.15) is 15.9 Å². The van der Waals surface area contributed by atoms with Crippen LogP contribution >= 0.6 is 15.9 Å². The van der Waals surface area contributed by atoms with Crippen LogP contribution in [0.3, 0.4) is 0 Å². The molecule has 2 rings (SSSR count). The van der Waals surface area contributed by atoms with Gasteiger partial charge in [0.05, 0.1) is 5.56 Å². The Bertz CT molecular complexity index is 747. The smallest absolute Gasteiger partial charge is 0.388 e. The minimum atomic E-state index is -3.07. The van der Waals surface area contributed by atoms with Crippen molar-refractivity contribution in [3.8, 4) is 17.1 Å². The van der Waals surface area contributed by atoms with E-state index in [0.717, 1.165) is 16.8 Å². The minimum absolute atomic E-state index is 0.00870. The Morgan fingerprint density at radius 3 is 2.64 bits per heavy atom. The van der Waals surface area contributed by atoms with Crippen molar-refractivity contribution < 1.29 is 27.8 Å². The van der Waals surface area contributed by atoms with Gasteiger partial charge >= 0.3 is 12.6 Å². The Hall–Kier alpha value is -2.03. The molecule has 1 aromatic heterocycles. The number of aromatic nitrogens is 2. The molecule has 9 heteroatoms. The number of nitrogens with zero attached hydrogens (tertiary/aromatic N) is 2. The molecule has 0 radical (unpaired) electrons. The normalized spacial score (nSPS) is 11.0. The monoisotopic (exact) mass is 378 g/mol. The second-order valence-corrected chi connectivity index (χ2v) is 5.21. The first-order chi connectivity index (χ1) is 10.2. The molecule has 0 aliphatic heterocycles. The highest BCUT2D eigenvalue weighted by Crippen LogP contribution is 2.37. The van der Waals surface area contributed by atoms with Gasteiger partial charge in [-0.15, -0.1) is 0 Å². The number of hydrogen-bond acceptors (Lipinski definition) is 3. The third-order valence-corrected chi connectivity index (χ3v) is 3.65. The van der Waals surface area contributed by atoms with Crippen molar-refractivity contribution >= 4 is 21.9 Å². The van der Waals surface area contributed by atoms with Gasteiger partial charge in [0.1, 0.15) is 16.0 Å². The summed E-state index contributed by atoms with van der Waals surface area (Å²) in [5.41, 5.74) is -0.0251. The lowest BCUT2D eigenvalue weighted by Gasteiger charge is -2.06. The molecular formula is C13H10BrF3N2O3. The Morgan fingerprint density at radius 1 is 1.45 bits per heavy atom. The molecule has 0 bridgehead atoms. The fourth-order valence-corrected chi connectivity index (χ4v) is 2.59. The molecule has 0 aliphatic rings. The van der Waals surface area contributed by atoms with E-state index in [9.17, 15) is 18.0 Å². The zero-order valence-corrected chi connectivity index (χ0v) is 13.0. The molecule has 22 heavy (non-hydrogen) atoms. The molecule has 2 aromatic rings. The zero-order chi connectivity index (χ0) is 16.6.